The first-order valence-corrected chi connectivity index (χ1v) is 7.43. The zero-order valence-electron chi connectivity index (χ0n) is 11.3. The van der Waals surface area contributed by atoms with E-state index in [1.165, 1.54) is 17.8 Å². The van der Waals surface area contributed by atoms with E-state index in [9.17, 15) is 4.79 Å². The molecule has 1 atom stereocenters. The van der Waals surface area contributed by atoms with E-state index in [4.69, 9.17) is 9.84 Å². The average Bonchev–Trinajstić information content (AvgIpc) is 2.87. The first kappa shape index (κ1) is 14.3. The fourth-order valence-electron chi connectivity index (χ4n) is 1.92. The van der Waals surface area contributed by atoms with Crippen molar-refractivity contribution >= 4 is 22.4 Å². The molecule has 0 spiro atoms. The minimum atomic E-state index is -0.947. The molecule has 0 aromatic carbocycles. The van der Waals surface area contributed by atoms with Gasteiger partial charge >= 0.3 is 5.97 Å². The third-order valence-corrected chi connectivity index (χ3v) is 4.23. The first-order valence-electron chi connectivity index (χ1n) is 6.55. The molecule has 1 aliphatic heterocycles. The molecule has 0 radical (unpaired) electrons. The predicted molar refractivity (Wildman–Crippen MR) is 74.9 cm³/mol. The van der Waals surface area contributed by atoms with Crippen molar-refractivity contribution < 1.29 is 14.6 Å². The maximum atomic E-state index is 11.2. The summed E-state index contributed by atoms with van der Waals surface area (Å²) >= 11 is 1.44. The molecule has 6 heteroatoms. The van der Waals surface area contributed by atoms with Gasteiger partial charge in [0.1, 0.15) is 5.41 Å². The maximum absolute atomic E-state index is 11.2. The van der Waals surface area contributed by atoms with Crippen LogP contribution in [0, 0.1) is 0 Å². The van der Waals surface area contributed by atoms with Gasteiger partial charge in [0, 0.05) is 18.5 Å². The second-order valence-corrected chi connectivity index (χ2v) is 6.20. The minimum absolute atomic E-state index is 0.244. The largest absolute Gasteiger partial charge is 0.481 e. The highest BCUT2D eigenvalue weighted by Crippen LogP contribution is 2.27. The number of nitrogens with zero attached hydrogens (tertiary/aromatic N) is 1. The van der Waals surface area contributed by atoms with Crippen LogP contribution >= 0.6 is 11.3 Å². The normalized spacial score (nSPS) is 20.2. The molecule has 1 saturated heterocycles. The highest BCUT2D eigenvalue weighted by molar-refractivity contribution is 7.13. The molecule has 19 heavy (non-hydrogen) atoms. The molecule has 1 aliphatic rings. The Morgan fingerprint density at radius 2 is 2.42 bits per heavy atom. The van der Waals surface area contributed by atoms with Crippen LogP contribution in [0.4, 0.5) is 5.13 Å². The van der Waals surface area contributed by atoms with Gasteiger partial charge in [-0.3, -0.25) is 4.79 Å². The number of carboxylic acid groups (broad SMARTS) is 1. The number of nitrogens with one attached hydrogen (secondary N) is 1. The molecule has 2 N–H and O–H groups in total. The van der Waals surface area contributed by atoms with E-state index in [0.29, 0.717) is 5.69 Å². The highest BCUT2D eigenvalue weighted by Gasteiger charge is 2.32. The van der Waals surface area contributed by atoms with Crippen LogP contribution in [0.25, 0.3) is 0 Å². The van der Waals surface area contributed by atoms with Crippen LogP contribution in [0.2, 0.25) is 0 Å². The molecule has 1 unspecified atom stereocenters. The zero-order valence-corrected chi connectivity index (χ0v) is 12.1. The lowest BCUT2D eigenvalue weighted by Gasteiger charge is -2.22. The van der Waals surface area contributed by atoms with Crippen LogP contribution in [-0.4, -0.2) is 35.3 Å². The van der Waals surface area contributed by atoms with Crippen LogP contribution in [0.15, 0.2) is 5.38 Å². The molecule has 0 bridgehead atoms. The molecule has 2 heterocycles. The van der Waals surface area contributed by atoms with Gasteiger partial charge in [-0.2, -0.15) is 0 Å². The second-order valence-electron chi connectivity index (χ2n) is 5.34. The van der Waals surface area contributed by atoms with Crippen LogP contribution < -0.4 is 5.32 Å². The van der Waals surface area contributed by atoms with Crippen molar-refractivity contribution in [3.05, 3.63) is 11.1 Å². The number of rotatable bonds is 5. The number of hydrogen-bond donors (Lipinski definition) is 2. The number of hydrogen-bond acceptors (Lipinski definition) is 5. The summed E-state index contributed by atoms with van der Waals surface area (Å²) in [5.41, 5.74) is -0.352. The Hall–Kier alpha value is -1.14. The van der Waals surface area contributed by atoms with Crippen molar-refractivity contribution in [1.82, 2.24) is 4.98 Å². The number of aliphatic carboxylic acids is 1. The summed E-state index contributed by atoms with van der Waals surface area (Å²) in [4.78, 5) is 15.5. The Morgan fingerprint density at radius 1 is 1.63 bits per heavy atom. The predicted octanol–water partition coefficient (Wildman–Crippen LogP) is 2.49. The smallest absolute Gasteiger partial charge is 0.315 e. The van der Waals surface area contributed by atoms with Crippen molar-refractivity contribution in [2.75, 3.05) is 18.5 Å². The van der Waals surface area contributed by atoms with Gasteiger partial charge in [-0.1, -0.05) is 0 Å². The summed E-state index contributed by atoms with van der Waals surface area (Å²) in [7, 11) is 0. The molecule has 0 saturated carbocycles. The molecule has 1 aromatic heterocycles. The van der Waals surface area contributed by atoms with Crippen molar-refractivity contribution in [2.24, 2.45) is 0 Å². The Kier molecular flexibility index (Phi) is 4.42. The molecule has 2 rings (SSSR count). The highest BCUT2D eigenvalue weighted by atomic mass is 32.1. The lowest BCUT2D eigenvalue weighted by molar-refractivity contribution is -0.142. The Bertz CT molecular complexity index is 439. The van der Waals surface area contributed by atoms with E-state index in [1.807, 2.05) is 0 Å². The van der Waals surface area contributed by atoms with Crippen LogP contribution in [0.5, 0.6) is 0 Å². The number of carboxylic acids is 1. The Labute approximate surface area is 117 Å². The molecule has 1 aromatic rings. The Balaban J connectivity index is 1.92. The van der Waals surface area contributed by atoms with Gasteiger partial charge in [0.15, 0.2) is 5.13 Å². The number of ether oxygens (including phenoxy) is 1. The van der Waals surface area contributed by atoms with Gasteiger partial charge in [0.05, 0.1) is 11.8 Å². The van der Waals surface area contributed by atoms with E-state index in [-0.39, 0.29) is 6.10 Å². The number of thiazole rings is 1. The van der Waals surface area contributed by atoms with E-state index in [2.05, 4.69) is 10.3 Å². The molecule has 1 fully saturated rings. The molecular formula is C13H20N2O3S. The molecule has 0 aliphatic carbocycles. The van der Waals surface area contributed by atoms with E-state index < -0.39 is 11.4 Å². The van der Waals surface area contributed by atoms with Gasteiger partial charge in [-0.15, -0.1) is 11.3 Å². The summed E-state index contributed by atoms with van der Waals surface area (Å²) in [6, 6.07) is 0. The minimum Gasteiger partial charge on any atom is -0.481 e. The SMILES string of the molecule is CC(C)(C(=O)O)c1csc(NCC2CCCCO2)n1. The molecule has 0 amide bonds. The van der Waals surface area contributed by atoms with Crippen molar-refractivity contribution in [1.29, 1.82) is 0 Å². The van der Waals surface area contributed by atoms with E-state index >= 15 is 0 Å². The van der Waals surface area contributed by atoms with Crippen molar-refractivity contribution in [2.45, 2.75) is 44.6 Å². The van der Waals surface area contributed by atoms with Crippen LogP contribution in [0.3, 0.4) is 0 Å². The fourth-order valence-corrected chi connectivity index (χ4v) is 2.81. The Morgan fingerprint density at radius 3 is 3.05 bits per heavy atom. The lowest BCUT2D eigenvalue weighted by Crippen LogP contribution is -2.29. The number of aromatic nitrogens is 1. The maximum Gasteiger partial charge on any atom is 0.315 e. The van der Waals surface area contributed by atoms with E-state index in [1.54, 1.807) is 19.2 Å². The second kappa shape index (κ2) is 5.88. The van der Waals surface area contributed by atoms with Crippen molar-refractivity contribution in [3.8, 4) is 0 Å². The monoisotopic (exact) mass is 284 g/mol. The third-order valence-electron chi connectivity index (χ3n) is 3.43. The molecule has 106 valence electrons. The first-order chi connectivity index (χ1) is 9.00. The average molecular weight is 284 g/mol. The van der Waals surface area contributed by atoms with Crippen molar-refractivity contribution in [3.63, 3.8) is 0 Å². The topological polar surface area (TPSA) is 71.5 Å². The van der Waals surface area contributed by atoms with Gasteiger partial charge in [0.25, 0.3) is 0 Å². The van der Waals surface area contributed by atoms with Gasteiger partial charge in [-0.25, -0.2) is 4.98 Å². The quantitative estimate of drug-likeness (QED) is 0.869. The third kappa shape index (κ3) is 3.45. The number of anilines is 1. The fraction of sp³-hybridized carbons (Fsp3) is 0.692. The van der Waals surface area contributed by atoms with Gasteiger partial charge in [-0.05, 0) is 33.1 Å². The molecular weight excluding hydrogens is 264 g/mol. The lowest BCUT2D eigenvalue weighted by atomic mass is 9.90. The summed E-state index contributed by atoms with van der Waals surface area (Å²) in [5, 5.41) is 15.0. The van der Waals surface area contributed by atoms with E-state index in [0.717, 1.165) is 31.1 Å². The summed E-state index contributed by atoms with van der Waals surface area (Å²) in [5.74, 6) is -0.861. The summed E-state index contributed by atoms with van der Waals surface area (Å²) in [6.07, 6.45) is 3.67. The van der Waals surface area contributed by atoms with Gasteiger partial charge < -0.3 is 15.2 Å². The zero-order chi connectivity index (χ0) is 13.9. The molecule has 5 nitrogen and oxygen atoms in total. The van der Waals surface area contributed by atoms with Gasteiger partial charge in [0.2, 0.25) is 0 Å². The van der Waals surface area contributed by atoms with Crippen LogP contribution in [-0.2, 0) is 14.9 Å². The number of carbonyl (C=O) groups is 1. The summed E-state index contributed by atoms with van der Waals surface area (Å²) < 4.78 is 5.63. The van der Waals surface area contributed by atoms with Crippen LogP contribution in [0.1, 0.15) is 38.8 Å². The standard InChI is InChI=1S/C13H20N2O3S/c1-13(2,11(16)17)10-8-19-12(15-10)14-7-9-5-3-4-6-18-9/h8-9H,3-7H2,1-2H3,(H,14,15)(H,16,17). The summed E-state index contributed by atoms with van der Waals surface area (Å²) in [6.45, 7) is 4.90.